The van der Waals surface area contributed by atoms with E-state index in [-0.39, 0.29) is 19.5 Å². The van der Waals surface area contributed by atoms with Gasteiger partial charge in [0.15, 0.2) is 0 Å². The van der Waals surface area contributed by atoms with Crippen LogP contribution in [0.25, 0.3) is 0 Å². The first-order chi connectivity index (χ1) is 10.3. The third kappa shape index (κ3) is 50.4. The largest absolute Gasteiger partial charge is 0.332 e. The molecule has 0 unspecified atom stereocenters. The molecule has 0 radical (unpaired) electrons. The van der Waals surface area contributed by atoms with Crippen LogP contribution in [0.2, 0.25) is 0 Å². The molecule has 7 nitrogen and oxygen atoms in total. The van der Waals surface area contributed by atoms with E-state index in [9.17, 15) is 0 Å². The van der Waals surface area contributed by atoms with E-state index in [2.05, 4.69) is 20.8 Å². The van der Waals surface area contributed by atoms with Gasteiger partial charge in [0.25, 0.3) is 0 Å². The minimum Gasteiger partial charge on any atom is -0.312 e. The molecule has 0 bridgehead atoms. The van der Waals surface area contributed by atoms with E-state index < -0.39 is 8.60 Å². The second kappa shape index (κ2) is 58.8. The van der Waals surface area contributed by atoms with Crippen molar-refractivity contribution in [1.82, 2.24) is 0 Å². The minimum absolute atomic E-state index is 0. The van der Waals surface area contributed by atoms with Crippen molar-refractivity contribution >= 4 is 35.8 Å². The van der Waals surface area contributed by atoms with Gasteiger partial charge in [-0.25, -0.2) is 0 Å². The molecule has 0 aromatic rings. The van der Waals surface area contributed by atoms with Crippen LogP contribution >= 0.6 is 8.60 Å². The third-order valence-electron chi connectivity index (χ3n) is 1.20. The summed E-state index contributed by atoms with van der Waals surface area (Å²) in [5.41, 5.74) is 0. The van der Waals surface area contributed by atoms with Gasteiger partial charge in [0.1, 0.15) is 27.2 Å². The van der Waals surface area contributed by atoms with Crippen molar-refractivity contribution in [3.05, 3.63) is 0 Å². The Bertz CT molecular complexity index is 131. The van der Waals surface area contributed by atoms with E-state index in [1.54, 1.807) is 0 Å². The molecular formula is C13H29O7PRu. The molecule has 0 atom stereocenters. The van der Waals surface area contributed by atoms with E-state index in [0.29, 0.717) is 0 Å². The van der Waals surface area contributed by atoms with Gasteiger partial charge in [-0.3, -0.25) is 0 Å². The molecule has 0 fully saturated rings. The first-order valence-electron chi connectivity index (χ1n) is 6.19. The summed E-state index contributed by atoms with van der Waals surface area (Å²) >= 11 is 0. The van der Waals surface area contributed by atoms with Gasteiger partial charge in [-0.15, -0.1) is 0 Å². The van der Waals surface area contributed by atoms with Crippen molar-refractivity contribution in [2.24, 2.45) is 0 Å². The fourth-order valence-corrected chi connectivity index (χ4v) is 1.83. The van der Waals surface area contributed by atoms with E-state index >= 15 is 0 Å². The Labute approximate surface area is 148 Å². The standard InChI is InChI=1S/C9H21O3P.4CH2O.Ru/c1-4-7-10-13(11-8-5-2)12-9-6-3;4*1-2;/h4-9H2,1-3H3;4*1H2;. The minimum atomic E-state index is -1.08. The normalized spacial score (nSPS) is 7.27. The van der Waals surface area contributed by atoms with Crippen molar-refractivity contribution in [3.63, 3.8) is 0 Å². The first-order valence-corrected chi connectivity index (χ1v) is 7.29. The molecule has 0 N–H and O–H groups in total. The smallest absolute Gasteiger partial charge is 0.312 e. The molecule has 0 aliphatic heterocycles. The summed E-state index contributed by atoms with van der Waals surface area (Å²) in [4.78, 5) is 32.0. The van der Waals surface area contributed by atoms with E-state index in [0.717, 1.165) is 39.1 Å². The van der Waals surface area contributed by atoms with Gasteiger partial charge in [-0.2, -0.15) is 0 Å². The second-order valence-electron chi connectivity index (χ2n) is 2.72. The van der Waals surface area contributed by atoms with E-state index in [4.69, 9.17) is 32.7 Å². The molecule has 0 aromatic carbocycles. The summed E-state index contributed by atoms with van der Waals surface area (Å²) in [6.45, 7) is 16.4. The Morgan fingerprint density at radius 1 is 0.591 bits per heavy atom. The maximum absolute atomic E-state index is 8.00. The Balaban J connectivity index is -0.0000000613. The third-order valence-corrected chi connectivity index (χ3v) is 2.38. The summed E-state index contributed by atoms with van der Waals surface area (Å²) in [6, 6.07) is 0. The predicted molar refractivity (Wildman–Crippen MR) is 84.1 cm³/mol. The van der Waals surface area contributed by atoms with Crippen LogP contribution < -0.4 is 0 Å². The van der Waals surface area contributed by atoms with Crippen LogP contribution in [-0.4, -0.2) is 47.0 Å². The van der Waals surface area contributed by atoms with E-state index in [1.165, 1.54) is 0 Å². The average molecular weight is 429 g/mol. The zero-order chi connectivity index (χ0) is 17.9. The molecule has 136 valence electrons. The fourth-order valence-electron chi connectivity index (χ4n) is 0.609. The Kier molecular flexibility index (Phi) is 101. The Hall–Kier alpha value is -0.387. The summed E-state index contributed by atoms with van der Waals surface area (Å²) in [7, 11) is -1.08. The van der Waals surface area contributed by atoms with Crippen LogP contribution in [0.1, 0.15) is 40.0 Å². The number of hydrogen-bond donors (Lipinski definition) is 0. The first kappa shape index (κ1) is 37.7. The van der Waals surface area contributed by atoms with Gasteiger partial charge in [0.2, 0.25) is 0 Å². The van der Waals surface area contributed by atoms with Crippen LogP contribution in [-0.2, 0) is 52.2 Å². The molecule has 0 aromatic heterocycles. The monoisotopic (exact) mass is 430 g/mol. The van der Waals surface area contributed by atoms with Crippen LogP contribution in [0.15, 0.2) is 0 Å². The molecule has 0 spiro atoms. The van der Waals surface area contributed by atoms with Gasteiger partial charge in [-0.1, -0.05) is 20.8 Å². The van der Waals surface area contributed by atoms with Crippen LogP contribution in [0.3, 0.4) is 0 Å². The second-order valence-corrected chi connectivity index (χ2v) is 3.95. The molecule has 0 aliphatic carbocycles. The van der Waals surface area contributed by atoms with Gasteiger partial charge < -0.3 is 32.7 Å². The number of hydrogen-bond acceptors (Lipinski definition) is 7. The van der Waals surface area contributed by atoms with Crippen LogP contribution in [0.5, 0.6) is 0 Å². The zero-order valence-corrected chi connectivity index (χ0v) is 16.4. The van der Waals surface area contributed by atoms with Crippen molar-refractivity contribution in [1.29, 1.82) is 0 Å². The summed E-state index contributed by atoms with van der Waals surface area (Å²) < 4.78 is 16.2. The topological polar surface area (TPSA) is 96.0 Å². The summed E-state index contributed by atoms with van der Waals surface area (Å²) in [5.74, 6) is 0. The number of carbonyl (C=O) groups excluding carboxylic acids is 4. The average Bonchev–Trinajstić information content (AvgIpc) is 2.61. The maximum atomic E-state index is 8.00. The predicted octanol–water partition coefficient (Wildman–Crippen LogP) is 2.75. The van der Waals surface area contributed by atoms with Gasteiger partial charge in [-0.05, 0) is 19.3 Å². The zero-order valence-electron chi connectivity index (χ0n) is 13.7. The quantitative estimate of drug-likeness (QED) is 0.411. The summed E-state index contributed by atoms with van der Waals surface area (Å²) in [6.07, 6.45) is 3.01. The molecule has 0 rings (SSSR count). The molecule has 9 heteroatoms. The van der Waals surface area contributed by atoms with Crippen LogP contribution in [0, 0.1) is 0 Å². The molecule has 0 aliphatic rings. The van der Waals surface area contributed by atoms with Crippen molar-refractivity contribution in [3.8, 4) is 0 Å². The molecule has 0 amide bonds. The van der Waals surface area contributed by atoms with Crippen molar-refractivity contribution in [2.45, 2.75) is 40.0 Å². The molecule has 0 saturated carbocycles. The Morgan fingerprint density at radius 2 is 0.773 bits per heavy atom. The maximum Gasteiger partial charge on any atom is 0.332 e. The molecule has 0 heterocycles. The van der Waals surface area contributed by atoms with Gasteiger partial charge in [0, 0.05) is 19.5 Å². The molecule has 22 heavy (non-hydrogen) atoms. The fraction of sp³-hybridized carbons (Fsp3) is 0.692. The number of carbonyl (C=O) groups is 4. The molecule has 0 saturated heterocycles. The van der Waals surface area contributed by atoms with E-state index in [1.807, 2.05) is 27.2 Å². The van der Waals surface area contributed by atoms with Crippen LogP contribution in [0.4, 0.5) is 0 Å². The number of rotatable bonds is 9. The SMILES string of the molecule is C=O.C=O.C=O.C=O.CCCOP(OCCC)OCCC.[Ru]. The molecular weight excluding hydrogens is 400 g/mol. The van der Waals surface area contributed by atoms with Crippen molar-refractivity contribution in [2.75, 3.05) is 19.8 Å². The van der Waals surface area contributed by atoms with Crippen molar-refractivity contribution < 1.29 is 52.2 Å². The van der Waals surface area contributed by atoms with Gasteiger partial charge in [0.05, 0.1) is 19.8 Å². The summed E-state index contributed by atoms with van der Waals surface area (Å²) in [5, 5.41) is 0. The Morgan fingerprint density at radius 3 is 0.909 bits per heavy atom. The van der Waals surface area contributed by atoms with Gasteiger partial charge >= 0.3 is 8.60 Å².